The highest BCUT2D eigenvalue weighted by atomic mass is 16.5. The van der Waals surface area contributed by atoms with Gasteiger partial charge in [0.15, 0.2) is 0 Å². The molecule has 0 aromatic heterocycles. The van der Waals surface area contributed by atoms with E-state index in [0.717, 1.165) is 48.4 Å². The van der Waals surface area contributed by atoms with Crippen LogP contribution in [0.25, 0.3) is 11.1 Å². The van der Waals surface area contributed by atoms with Gasteiger partial charge in [0.1, 0.15) is 18.8 Å². The number of benzene rings is 3. The van der Waals surface area contributed by atoms with Gasteiger partial charge in [0.05, 0.1) is 6.07 Å². The lowest BCUT2D eigenvalue weighted by atomic mass is 9.97. The third kappa shape index (κ3) is 7.19. The topological polar surface area (TPSA) is 77.4 Å². The number of carbonyl (C=O) groups excluding carboxylic acids is 1. The van der Waals surface area contributed by atoms with E-state index in [0.29, 0.717) is 6.42 Å². The molecule has 0 aliphatic carbocycles. The molecule has 3 aromatic rings. The van der Waals surface area contributed by atoms with Crippen molar-refractivity contribution >= 4 is 11.6 Å². The van der Waals surface area contributed by atoms with Crippen molar-refractivity contribution in [2.45, 2.75) is 32.5 Å². The number of nitrogens with zero attached hydrogens (tertiary/aromatic N) is 2. The molecule has 6 nitrogen and oxygen atoms in total. The van der Waals surface area contributed by atoms with Gasteiger partial charge in [0.25, 0.3) is 0 Å². The Labute approximate surface area is 220 Å². The van der Waals surface area contributed by atoms with Crippen molar-refractivity contribution in [2.75, 3.05) is 37.6 Å². The summed E-state index contributed by atoms with van der Waals surface area (Å²) < 4.78 is 6.49. The van der Waals surface area contributed by atoms with Gasteiger partial charge >= 0.3 is 0 Å². The van der Waals surface area contributed by atoms with Crippen LogP contribution in [0.1, 0.15) is 37.5 Å². The molecule has 2 atom stereocenters. The Balaban J connectivity index is 1.56. The number of piperazine rings is 1. The Kier molecular flexibility index (Phi) is 9.31. The average molecular weight is 497 g/mol. The van der Waals surface area contributed by atoms with Crippen LogP contribution in [-0.4, -0.2) is 44.7 Å². The van der Waals surface area contributed by atoms with Crippen LogP contribution in [0.2, 0.25) is 0 Å². The van der Waals surface area contributed by atoms with E-state index in [4.69, 9.17) is 10.00 Å². The summed E-state index contributed by atoms with van der Waals surface area (Å²) in [4.78, 5) is 15.2. The summed E-state index contributed by atoms with van der Waals surface area (Å²) in [5, 5.41) is 15.0. The SMILES string of the molecule is CC(C)CC(O[C@H](c1ccccc1)c1ccc(-c2ccc(N3CCNCC3)cc2)cc1)C(=O)NCC#N. The quantitative estimate of drug-likeness (QED) is 0.390. The van der Waals surface area contributed by atoms with Gasteiger partial charge in [-0.3, -0.25) is 4.79 Å². The molecule has 1 saturated heterocycles. The molecule has 1 aliphatic heterocycles. The van der Waals surface area contributed by atoms with E-state index in [2.05, 4.69) is 77.9 Å². The number of nitriles is 1. The number of anilines is 1. The van der Waals surface area contributed by atoms with E-state index >= 15 is 0 Å². The first-order valence-electron chi connectivity index (χ1n) is 13.1. The molecule has 2 N–H and O–H groups in total. The molecule has 37 heavy (non-hydrogen) atoms. The minimum Gasteiger partial charge on any atom is -0.369 e. The van der Waals surface area contributed by atoms with Crippen molar-refractivity contribution < 1.29 is 9.53 Å². The Morgan fingerprint density at radius 3 is 2.14 bits per heavy atom. The predicted octanol–water partition coefficient (Wildman–Crippen LogP) is 4.92. The largest absolute Gasteiger partial charge is 0.369 e. The Bertz CT molecular complexity index is 1160. The van der Waals surface area contributed by atoms with Crippen LogP contribution in [0.3, 0.4) is 0 Å². The van der Waals surface area contributed by atoms with Gasteiger partial charge in [0, 0.05) is 31.9 Å². The van der Waals surface area contributed by atoms with Crippen molar-refractivity contribution in [1.29, 1.82) is 5.26 Å². The van der Waals surface area contributed by atoms with Crippen LogP contribution in [0, 0.1) is 17.2 Å². The summed E-state index contributed by atoms with van der Waals surface area (Å²) in [5.74, 6) is 0.0122. The molecule has 1 amide bonds. The highest BCUT2D eigenvalue weighted by Crippen LogP contribution is 2.31. The first-order chi connectivity index (χ1) is 18.0. The van der Waals surface area contributed by atoms with Crippen molar-refractivity contribution in [1.82, 2.24) is 10.6 Å². The lowest BCUT2D eigenvalue weighted by Crippen LogP contribution is -2.43. The number of ether oxygens (including phenoxy) is 1. The second-order valence-electron chi connectivity index (χ2n) is 9.83. The van der Waals surface area contributed by atoms with Crippen LogP contribution < -0.4 is 15.5 Å². The molecule has 6 heteroatoms. The fraction of sp³-hybridized carbons (Fsp3) is 0.355. The molecule has 3 aromatic carbocycles. The average Bonchev–Trinajstić information content (AvgIpc) is 2.95. The maximum Gasteiger partial charge on any atom is 0.250 e. The summed E-state index contributed by atoms with van der Waals surface area (Å²) in [6.07, 6.45) is -0.490. The third-order valence-electron chi connectivity index (χ3n) is 6.62. The first-order valence-corrected chi connectivity index (χ1v) is 13.1. The van der Waals surface area contributed by atoms with Gasteiger partial charge in [-0.25, -0.2) is 0 Å². The molecule has 1 fully saturated rings. The number of nitrogens with one attached hydrogen (secondary N) is 2. The maximum absolute atomic E-state index is 12.8. The van der Waals surface area contributed by atoms with Gasteiger partial charge in [-0.1, -0.05) is 80.6 Å². The van der Waals surface area contributed by atoms with E-state index in [-0.39, 0.29) is 18.4 Å². The lowest BCUT2D eigenvalue weighted by Gasteiger charge is -2.29. The predicted molar refractivity (Wildman–Crippen MR) is 148 cm³/mol. The maximum atomic E-state index is 12.8. The van der Waals surface area contributed by atoms with Crippen molar-refractivity contribution in [2.24, 2.45) is 5.92 Å². The number of rotatable bonds is 10. The van der Waals surface area contributed by atoms with Gasteiger partial charge in [-0.2, -0.15) is 5.26 Å². The van der Waals surface area contributed by atoms with Crippen LogP contribution in [0.15, 0.2) is 78.9 Å². The Hall–Kier alpha value is -3.66. The lowest BCUT2D eigenvalue weighted by molar-refractivity contribution is -0.136. The summed E-state index contributed by atoms with van der Waals surface area (Å²) in [6.45, 7) is 8.19. The van der Waals surface area contributed by atoms with E-state index < -0.39 is 12.2 Å². The molecule has 1 heterocycles. The van der Waals surface area contributed by atoms with Crippen molar-refractivity contribution in [3.05, 3.63) is 90.0 Å². The molecule has 1 aliphatic rings. The minimum atomic E-state index is -0.657. The molecule has 0 bridgehead atoms. The van der Waals surface area contributed by atoms with Crippen molar-refractivity contribution in [3.63, 3.8) is 0 Å². The smallest absolute Gasteiger partial charge is 0.250 e. The standard InChI is InChI=1S/C31H36N4O2/c1-23(2)22-29(31(36)34-17-16-32)37-30(26-6-4-3-5-7-26)27-10-8-24(9-11-27)25-12-14-28(15-13-25)35-20-18-33-19-21-35/h3-15,23,29-30,33H,17-22H2,1-2H3,(H,34,36)/t29?,30-/m1/s1. The number of hydrogen-bond acceptors (Lipinski definition) is 5. The molecule has 192 valence electrons. The molecule has 1 unspecified atom stereocenters. The second-order valence-corrected chi connectivity index (χ2v) is 9.83. The summed E-state index contributed by atoms with van der Waals surface area (Å²) in [6, 6.07) is 29.1. The summed E-state index contributed by atoms with van der Waals surface area (Å²) in [7, 11) is 0. The number of carbonyl (C=O) groups is 1. The Morgan fingerprint density at radius 2 is 1.54 bits per heavy atom. The normalized spacial score (nSPS) is 15.1. The monoisotopic (exact) mass is 496 g/mol. The summed E-state index contributed by atoms with van der Waals surface area (Å²) in [5.41, 5.74) is 5.51. The van der Waals surface area contributed by atoms with E-state index in [9.17, 15) is 4.79 Å². The van der Waals surface area contributed by atoms with Crippen LogP contribution in [-0.2, 0) is 9.53 Å². The zero-order valence-corrected chi connectivity index (χ0v) is 21.7. The summed E-state index contributed by atoms with van der Waals surface area (Å²) >= 11 is 0. The van der Waals surface area contributed by atoms with E-state index in [1.165, 1.54) is 5.69 Å². The van der Waals surface area contributed by atoms with Gasteiger partial charge in [-0.05, 0) is 46.7 Å². The number of amides is 1. The molecule has 0 radical (unpaired) electrons. The fourth-order valence-corrected chi connectivity index (χ4v) is 4.67. The molecule has 0 spiro atoms. The zero-order chi connectivity index (χ0) is 26.0. The van der Waals surface area contributed by atoms with E-state index in [1.807, 2.05) is 36.4 Å². The second kappa shape index (κ2) is 13.0. The van der Waals surface area contributed by atoms with Crippen molar-refractivity contribution in [3.8, 4) is 17.2 Å². The van der Waals surface area contributed by atoms with Gasteiger partial charge in [0.2, 0.25) is 5.91 Å². The highest BCUT2D eigenvalue weighted by Gasteiger charge is 2.26. The Morgan fingerprint density at radius 1 is 0.946 bits per heavy atom. The van der Waals surface area contributed by atoms with E-state index in [1.54, 1.807) is 0 Å². The third-order valence-corrected chi connectivity index (χ3v) is 6.62. The molecule has 4 rings (SSSR count). The van der Waals surface area contributed by atoms with Gasteiger partial charge in [-0.15, -0.1) is 0 Å². The zero-order valence-electron chi connectivity index (χ0n) is 21.7. The number of hydrogen-bond donors (Lipinski definition) is 2. The molecular formula is C31H36N4O2. The van der Waals surface area contributed by atoms with Crippen LogP contribution in [0.4, 0.5) is 5.69 Å². The van der Waals surface area contributed by atoms with Crippen LogP contribution in [0.5, 0.6) is 0 Å². The molecular weight excluding hydrogens is 460 g/mol. The minimum absolute atomic E-state index is 0.0328. The molecule has 0 saturated carbocycles. The fourth-order valence-electron chi connectivity index (χ4n) is 4.67. The van der Waals surface area contributed by atoms with Crippen LogP contribution >= 0.6 is 0 Å². The highest BCUT2D eigenvalue weighted by molar-refractivity contribution is 5.81. The first kappa shape index (κ1) is 26.4. The van der Waals surface area contributed by atoms with Gasteiger partial charge < -0.3 is 20.3 Å².